The van der Waals surface area contributed by atoms with Crippen molar-refractivity contribution in [2.24, 2.45) is 17.6 Å². The Morgan fingerprint density at radius 2 is 1.91 bits per heavy atom. The van der Waals surface area contributed by atoms with Gasteiger partial charge in [-0.25, -0.2) is 0 Å². The largest absolute Gasteiger partial charge is 0.337 e. The van der Waals surface area contributed by atoms with Crippen molar-refractivity contribution in [1.29, 1.82) is 0 Å². The van der Waals surface area contributed by atoms with Crippen LogP contribution in [0.15, 0.2) is 40.9 Å². The van der Waals surface area contributed by atoms with Crippen LogP contribution in [-0.4, -0.2) is 29.9 Å². The number of carbonyl (C=O) groups excluding carboxylic acids is 1. The summed E-state index contributed by atoms with van der Waals surface area (Å²) in [6, 6.07) is 12.5. The lowest BCUT2D eigenvalue weighted by atomic mass is 9.98. The van der Waals surface area contributed by atoms with Gasteiger partial charge in [-0.15, -0.1) is 11.3 Å². The first-order valence-electron chi connectivity index (χ1n) is 8.02. The van der Waals surface area contributed by atoms with Crippen LogP contribution in [-0.2, 0) is 0 Å². The van der Waals surface area contributed by atoms with Crippen molar-refractivity contribution in [2.45, 2.75) is 18.9 Å². The van der Waals surface area contributed by atoms with Gasteiger partial charge in [-0.05, 0) is 54.5 Å². The summed E-state index contributed by atoms with van der Waals surface area (Å²) in [6.45, 7) is 1.71. The Bertz CT molecular complexity index is 727. The van der Waals surface area contributed by atoms with Crippen molar-refractivity contribution in [3.05, 3.63) is 45.7 Å². The summed E-state index contributed by atoms with van der Waals surface area (Å²) in [5.41, 5.74) is 7.32. The predicted molar refractivity (Wildman–Crippen MR) is 97.5 cm³/mol. The molecule has 3 nitrogen and oxygen atoms in total. The highest BCUT2D eigenvalue weighted by Gasteiger charge is 2.42. The molecule has 2 aliphatic rings. The number of nitrogens with two attached hydrogens (primary N) is 1. The van der Waals surface area contributed by atoms with E-state index in [-0.39, 0.29) is 11.9 Å². The first-order chi connectivity index (χ1) is 11.1. The number of thiophene rings is 1. The second kappa shape index (κ2) is 6.04. The summed E-state index contributed by atoms with van der Waals surface area (Å²) in [5, 5.41) is 0. The third-order valence-corrected chi connectivity index (χ3v) is 6.80. The highest BCUT2D eigenvalue weighted by atomic mass is 79.9. The van der Waals surface area contributed by atoms with Crippen molar-refractivity contribution >= 4 is 33.2 Å². The van der Waals surface area contributed by atoms with Gasteiger partial charge in [-0.2, -0.15) is 0 Å². The Hall–Kier alpha value is -1.17. The van der Waals surface area contributed by atoms with Crippen LogP contribution < -0.4 is 5.73 Å². The molecule has 2 N–H and O–H groups in total. The second-order valence-corrected chi connectivity index (χ2v) is 8.55. The Kier molecular flexibility index (Phi) is 4.03. The Labute approximate surface area is 148 Å². The van der Waals surface area contributed by atoms with Crippen LogP contribution in [0.3, 0.4) is 0 Å². The van der Waals surface area contributed by atoms with Crippen molar-refractivity contribution < 1.29 is 4.79 Å². The van der Waals surface area contributed by atoms with Crippen molar-refractivity contribution in [3.63, 3.8) is 0 Å². The van der Waals surface area contributed by atoms with E-state index in [1.165, 1.54) is 6.42 Å². The molecule has 0 bridgehead atoms. The average Bonchev–Trinajstić information content (AvgIpc) is 3.25. The van der Waals surface area contributed by atoms with E-state index in [1.807, 2.05) is 29.2 Å². The summed E-state index contributed by atoms with van der Waals surface area (Å²) in [6.07, 6.45) is 2.29. The van der Waals surface area contributed by atoms with Crippen molar-refractivity contribution in [1.82, 2.24) is 4.90 Å². The lowest BCUT2D eigenvalue weighted by Gasteiger charge is -2.17. The van der Waals surface area contributed by atoms with Crippen molar-refractivity contribution in [3.8, 4) is 10.4 Å². The minimum Gasteiger partial charge on any atom is -0.337 e. The minimum absolute atomic E-state index is 0.167. The Morgan fingerprint density at radius 3 is 2.65 bits per heavy atom. The van der Waals surface area contributed by atoms with Crippen LogP contribution in [0.25, 0.3) is 10.4 Å². The summed E-state index contributed by atoms with van der Waals surface area (Å²) in [7, 11) is 0. The molecule has 4 rings (SSSR count). The van der Waals surface area contributed by atoms with E-state index >= 15 is 0 Å². The molecule has 1 aliphatic heterocycles. The van der Waals surface area contributed by atoms with Gasteiger partial charge in [0.15, 0.2) is 0 Å². The zero-order chi connectivity index (χ0) is 16.0. The normalized spacial score (nSPS) is 26.5. The van der Waals surface area contributed by atoms with Crippen molar-refractivity contribution in [2.75, 3.05) is 13.1 Å². The molecule has 1 aromatic carbocycles. The SMILES string of the molecule is NC1CCC2CN(C(=O)c3ccc(-c4ccc(Br)cc4)s3)CC12. The third kappa shape index (κ3) is 2.86. The summed E-state index contributed by atoms with van der Waals surface area (Å²) in [5.74, 6) is 1.28. The molecule has 2 fully saturated rings. The maximum atomic E-state index is 12.8. The molecule has 120 valence electrons. The number of rotatable bonds is 2. The van der Waals surface area contributed by atoms with Gasteiger partial charge < -0.3 is 10.6 Å². The minimum atomic E-state index is 0.167. The number of nitrogens with zero attached hydrogens (tertiary/aromatic N) is 1. The zero-order valence-electron chi connectivity index (χ0n) is 12.7. The highest BCUT2D eigenvalue weighted by Crippen LogP contribution is 2.38. The molecule has 5 heteroatoms. The fourth-order valence-corrected chi connectivity index (χ4v) is 5.10. The highest BCUT2D eigenvalue weighted by molar-refractivity contribution is 9.10. The van der Waals surface area contributed by atoms with E-state index in [2.05, 4.69) is 28.1 Å². The Balaban J connectivity index is 1.51. The predicted octanol–water partition coefficient (Wildman–Crippen LogP) is 3.99. The molecule has 2 aromatic rings. The average molecular weight is 391 g/mol. The van der Waals surface area contributed by atoms with Gasteiger partial charge in [0.2, 0.25) is 0 Å². The van der Waals surface area contributed by atoms with Crippen LogP contribution in [0.1, 0.15) is 22.5 Å². The number of likely N-dealkylation sites (tertiary alicyclic amines) is 1. The van der Waals surface area contributed by atoms with E-state index in [0.29, 0.717) is 11.8 Å². The quantitative estimate of drug-likeness (QED) is 0.842. The van der Waals surface area contributed by atoms with Gasteiger partial charge >= 0.3 is 0 Å². The van der Waals surface area contributed by atoms with Crippen LogP contribution >= 0.6 is 27.3 Å². The molecule has 2 heterocycles. The smallest absolute Gasteiger partial charge is 0.263 e. The molecular weight excluding hydrogens is 372 g/mol. The molecule has 1 aromatic heterocycles. The lowest BCUT2D eigenvalue weighted by molar-refractivity contribution is 0.0784. The number of amides is 1. The van der Waals surface area contributed by atoms with Crippen LogP contribution in [0, 0.1) is 11.8 Å². The lowest BCUT2D eigenvalue weighted by Crippen LogP contribution is -2.33. The fourth-order valence-electron chi connectivity index (χ4n) is 3.85. The van der Waals surface area contributed by atoms with Gasteiger partial charge in [0.25, 0.3) is 5.91 Å². The molecule has 0 radical (unpaired) electrons. The Morgan fingerprint density at radius 1 is 1.13 bits per heavy atom. The van der Waals surface area contributed by atoms with Gasteiger partial charge in [0.1, 0.15) is 0 Å². The number of carbonyl (C=O) groups is 1. The van der Waals surface area contributed by atoms with Gasteiger partial charge in [-0.3, -0.25) is 4.79 Å². The topological polar surface area (TPSA) is 46.3 Å². The number of fused-ring (bicyclic) bond motifs is 1. The fraction of sp³-hybridized carbons (Fsp3) is 0.389. The molecule has 3 atom stereocenters. The van der Waals surface area contributed by atoms with Gasteiger partial charge in [0, 0.05) is 28.5 Å². The first-order valence-corrected chi connectivity index (χ1v) is 9.63. The van der Waals surface area contributed by atoms with Crippen LogP contribution in [0.2, 0.25) is 0 Å². The van der Waals surface area contributed by atoms with Gasteiger partial charge in [-0.1, -0.05) is 28.1 Å². The molecular formula is C18H19BrN2OS. The maximum Gasteiger partial charge on any atom is 0.263 e. The zero-order valence-corrected chi connectivity index (χ0v) is 15.1. The molecule has 23 heavy (non-hydrogen) atoms. The molecule has 1 saturated carbocycles. The van der Waals surface area contributed by atoms with Gasteiger partial charge in [0.05, 0.1) is 4.88 Å². The number of hydrogen-bond donors (Lipinski definition) is 1. The van der Waals surface area contributed by atoms with E-state index in [0.717, 1.165) is 39.3 Å². The summed E-state index contributed by atoms with van der Waals surface area (Å²) >= 11 is 5.03. The van der Waals surface area contributed by atoms with Crippen LogP contribution in [0.5, 0.6) is 0 Å². The standard InChI is InChI=1S/C18H19BrN2OS/c19-13-4-1-11(2-5-13)16-7-8-17(23-16)18(22)21-9-12-3-6-15(20)14(12)10-21/h1-2,4-5,7-8,12,14-15H,3,6,9-10,20H2. The first kappa shape index (κ1) is 15.4. The second-order valence-electron chi connectivity index (χ2n) is 6.55. The molecule has 3 unspecified atom stereocenters. The maximum absolute atomic E-state index is 12.8. The summed E-state index contributed by atoms with van der Waals surface area (Å²) in [4.78, 5) is 16.7. The molecule has 1 saturated heterocycles. The van der Waals surface area contributed by atoms with E-state index in [9.17, 15) is 4.79 Å². The van der Waals surface area contributed by atoms with E-state index in [1.54, 1.807) is 11.3 Å². The molecule has 1 amide bonds. The third-order valence-electron chi connectivity index (χ3n) is 5.15. The number of halogens is 1. The number of hydrogen-bond acceptors (Lipinski definition) is 3. The monoisotopic (exact) mass is 390 g/mol. The molecule has 0 spiro atoms. The number of benzene rings is 1. The van der Waals surface area contributed by atoms with Crippen LogP contribution in [0.4, 0.5) is 0 Å². The molecule has 1 aliphatic carbocycles. The van der Waals surface area contributed by atoms with E-state index in [4.69, 9.17) is 5.73 Å². The summed E-state index contributed by atoms with van der Waals surface area (Å²) < 4.78 is 1.06. The van der Waals surface area contributed by atoms with E-state index < -0.39 is 0 Å².